The molecule has 1 aliphatic rings. The molecule has 3 aromatic carbocycles. The number of benzene rings is 3. The molecule has 1 fully saturated rings. The highest BCUT2D eigenvalue weighted by Crippen LogP contribution is 2.33. The van der Waals surface area contributed by atoms with Gasteiger partial charge in [-0.25, -0.2) is 18.5 Å². The molecule has 4 rings (SSSR count). The molecule has 2 atom stereocenters. The van der Waals surface area contributed by atoms with E-state index in [4.69, 9.17) is 9.88 Å². The van der Waals surface area contributed by atoms with Crippen molar-refractivity contribution in [3.8, 4) is 5.75 Å². The number of nitrogens with zero attached hydrogens (tertiary/aromatic N) is 2. The number of carbonyl (C=O) groups is 3. The number of ether oxygens (including phenoxy) is 1. The number of methoxy groups -OCH3 is 1. The number of nitrogens with two attached hydrogens (primary N) is 1. The number of amides is 3. The maximum Gasteiger partial charge on any atom is 0.257 e. The first-order chi connectivity index (χ1) is 17.1. The van der Waals surface area contributed by atoms with Crippen LogP contribution in [0.3, 0.4) is 0 Å². The van der Waals surface area contributed by atoms with Gasteiger partial charge in [0.05, 0.1) is 30.2 Å². The van der Waals surface area contributed by atoms with Gasteiger partial charge < -0.3 is 9.64 Å². The zero-order valence-electron chi connectivity index (χ0n) is 19.7. The SMILES string of the molecule is COc1ccc(C(=O)N(C2CC(=O)N(c3ccc(S(N)(=O)=O)cc3)C2=O)C(C)c2ccccc2)cc1. The van der Waals surface area contributed by atoms with Crippen LogP contribution in [0.25, 0.3) is 0 Å². The molecule has 1 heterocycles. The van der Waals surface area contributed by atoms with E-state index in [0.717, 1.165) is 10.5 Å². The Morgan fingerprint density at radius 3 is 2.17 bits per heavy atom. The lowest BCUT2D eigenvalue weighted by molar-refractivity contribution is -0.122. The number of hydrogen-bond acceptors (Lipinski definition) is 6. The van der Waals surface area contributed by atoms with Crippen molar-refractivity contribution < 1.29 is 27.5 Å². The van der Waals surface area contributed by atoms with E-state index in [1.54, 1.807) is 31.2 Å². The topological polar surface area (TPSA) is 127 Å². The summed E-state index contributed by atoms with van der Waals surface area (Å²) in [6, 6.07) is 19.3. The Hall–Kier alpha value is -4.02. The molecule has 36 heavy (non-hydrogen) atoms. The third kappa shape index (κ3) is 4.86. The molecule has 0 saturated carbocycles. The maximum absolute atomic E-state index is 13.7. The molecule has 2 N–H and O–H groups in total. The van der Waals surface area contributed by atoms with Gasteiger partial charge in [-0.05, 0) is 61.0 Å². The Morgan fingerprint density at radius 1 is 1.00 bits per heavy atom. The Balaban J connectivity index is 1.71. The fourth-order valence-corrected chi connectivity index (χ4v) is 4.77. The summed E-state index contributed by atoms with van der Waals surface area (Å²) < 4.78 is 28.3. The van der Waals surface area contributed by atoms with Crippen LogP contribution in [0.2, 0.25) is 0 Å². The van der Waals surface area contributed by atoms with Crippen molar-refractivity contribution in [2.24, 2.45) is 5.14 Å². The molecule has 2 unspecified atom stereocenters. The van der Waals surface area contributed by atoms with Crippen LogP contribution in [0.15, 0.2) is 83.8 Å². The van der Waals surface area contributed by atoms with Gasteiger partial charge in [-0.2, -0.15) is 0 Å². The molecule has 0 radical (unpaired) electrons. The molecule has 0 spiro atoms. The van der Waals surface area contributed by atoms with E-state index >= 15 is 0 Å². The van der Waals surface area contributed by atoms with E-state index in [1.165, 1.54) is 36.3 Å². The average Bonchev–Trinajstić information content (AvgIpc) is 3.17. The third-order valence-electron chi connectivity index (χ3n) is 6.15. The van der Waals surface area contributed by atoms with Crippen LogP contribution in [-0.4, -0.2) is 44.2 Å². The molecule has 9 nitrogen and oxygen atoms in total. The number of anilines is 1. The molecule has 0 aliphatic carbocycles. The largest absolute Gasteiger partial charge is 0.497 e. The summed E-state index contributed by atoms with van der Waals surface area (Å²) in [4.78, 5) is 42.5. The number of sulfonamides is 1. The summed E-state index contributed by atoms with van der Waals surface area (Å²) in [7, 11) is -2.41. The second-order valence-corrected chi connectivity index (χ2v) is 9.92. The van der Waals surface area contributed by atoms with Crippen LogP contribution in [0.4, 0.5) is 5.69 Å². The molecule has 3 aromatic rings. The molecule has 0 aromatic heterocycles. The van der Waals surface area contributed by atoms with E-state index in [9.17, 15) is 22.8 Å². The molecule has 1 saturated heterocycles. The van der Waals surface area contributed by atoms with Crippen molar-refractivity contribution in [3.05, 3.63) is 90.0 Å². The summed E-state index contributed by atoms with van der Waals surface area (Å²) in [6.45, 7) is 1.80. The summed E-state index contributed by atoms with van der Waals surface area (Å²) in [5.41, 5.74) is 1.34. The number of primary sulfonamides is 1. The van der Waals surface area contributed by atoms with E-state index < -0.39 is 39.8 Å². The zero-order valence-corrected chi connectivity index (χ0v) is 20.5. The number of rotatable bonds is 7. The van der Waals surface area contributed by atoms with E-state index in [0.29, 0.717) is 11.3 Å². The quantitative estimate of drug-likeness (QED) is 0.490. The minimum Gasteiger partial charge on any atom is -0.497 e. The minimum atomic E-state index is -3.93. The van der Waals surface area contributed by atoms with Crippen molar-refractivity contribution in [1.82, 2.24) is 4.90 Å². The van der Waals surface area contributed by atoms with Crippen molar-refractivity contribution in [1.29, 1.82) is 0 Å². The molecular formula is C26H25N3O6S. The Labute approximate surface area is 209 Å². The van der Waals surface area contributed by atoms with Gasteiger partial charge >= 0.3 is 0 Å². The molecule has 0 bridgehead atoms. The van der Waals surface area contributed by atoms with Crippen LogP contribution >= 0.6 is 0 Å². The Bertz CT molecular complexity index is 1390. The maximum atomic E-state index is 13.7. The standard InChI is InChI=1S/C26H25N3O6S/c1-17(18-6-4-3-5-7-18)28(25(31)19-8-12-21(35-2)13-9-19)23-16-24(30)29(26(23)32)20-10-14-22(15-11-20)36(27,33)34/h3-15,17,23H,16H2,1-2H3,(H2,27,33,34). The molecule has 1 aliphatic heterocycles. The summed E-state index contributed by atoms with van der Waals surface area (Å²) in [5.74, 6) is -0.906. The van der Waals surface area contributed by atoms with Gasteiger partial charge in [-0.3, -0.25) is 14.4 Å². The Kier molecular flexibility index (Phi) is 6.91. The van der Waals surface area contributed by atoms with Gasteiger partial charge in [-0.15, -0.1) is 0 Å². The van der Waals surface area contributed by atoms with Gasteiger partial charge in [0.1, 0.15) is 11.8 Å². The fourth-order valence-electron chi connectivity index (χ4n) is 4.25. The monoisotopic (exact) mass is 507 g/mol. The molecular weight excluding hydrogens is 482 g/mol. The van der Waals surface area contributed by atoms with Crippen LogP contribution in [-0.2, 0) is 19.6 Å². The smallest absolute Gasteiger partial charge is 0.257 e. The molecule has 186 valence electrons. The van der Waals surface area contributed by atoms with Crippen molar-refractivity contribution in [2.75, 3.05) is 12.0 Å². The summed E-state index contributed by atoms with van der Waals surface area (Å²) in [6.07, 6.45) is -0.213. The van der Waals surface area contributed by atoms with Crippen molar-refractivity contribution >= 4 is 33.4 Å². The second-order valence-electron chi connectivity index (χ2n) is 8.35. The number of hydrogen-bond donors (Lipinski definition) is 1. The van der Waals surface area contributed by atoms with E-state index in [2.05, 4.69) is 0 Å². The van der Waals surface area contributed by atoms with Gasteiger partial charge in [0.15, 0.2) is 0 Å². The third-order valence-corrected chi connectivity index (χ3v) is 7.08. The van der Waals surface area contributed by atoms with Gasteiger partial charge in [0.25, 0.3) is 11.8 Å². The van der Waals surface area contributed by atoms with E-state index in [-0.39, 0.29) is 17.0 Å². The van der Waals surface area contributed by atoms with Crippen LogP contribution in [0.1, 0.15) is 35.3 Å². The van der Waals surface area contributed by atoms with Gasteiger partial charge in [0.2, 0.25) is 15.9 Å². The first-order valence-electron chi connectivity index (χ1n) is 11.1. The predicted molar refractivity (Wildman–Crippen MR) is 133 cm³/mol. The lowest BCUT2D eigenvalue weighted by atomic mass is 10.0. The zero-order chi connectivity index (χ0) is 26.0. The molecule has 10 heteroatoms. The average molecular weight is 508 g/mol. The second kappa shape index (κ2) is 9.92. The predicted octanol–water partition coefficient (Wildman–Crippen LogP) is 2.88. The first-order valence-corrected chi connectivity index (χ1v) is 12.7. The highest BCUT2D eigenvalue weighted by molar-refractivity contribution is 7.89. The highest BCUT2D eigenvalue weighted by atomic mass is 32.2. The van der Waals surface area contributed by atoms with Crippen molar-refractivity contribution in [3.63, 3.8) is 0 Å². The van der Waals surface area contributed by atoms with Crippen LogP contribution in [0, 0.1) is 0 Å². The number of carbonyl (C=O) groups excluding carboxylic acids is 3. The highest BCUT2D eigenvalue weighted by Gasteiger charge is 2.46. The summed E-state index contributed by atoms with van der Waals surface area (Å²) >= 11 is 0. The fraction of sp³-hybridized carbons (Fsp3) is 0.192. The van der Waals surface area contributed by atoms with Crippen LogP contribution in [0.5, 0.6) is 5.75 Å². The molecule has 3 amide bonds. The number of imide groups is 1. The lowest BCUT2D eigenvalue weighted by Gasteiger charge is -2.33. The Morgan fingerprint density at radius 2 is 1.61 bits per heavy atom. The lowest BCUT2D eigenvalue weighted by Crippen LogP contribution is -2.46. The van der Waals surface area contributed by atoms with Gasteiger partial charge in [0, 0.05) is 5.56 Å². The van der Waals surface area contributed by atoms with Crippen molar-refractivity contribution in [2.45, 2.75) is 30.3 Å². The minimum absolute atomic E-state index is 0.143. The van der Waals surface area contributed by atoms with Crippen LogP contribution < -0.4 is 14.8 Å². The van der Waals surface area contributed by atoms with E-state index in [1.807, 2.05) is 30.3 Å². The first kappa shape index (κ1) is 25.1. The van der Waals surface area contributed by atoms with Gasteiger partial charge in [-0.1, -0.05) is 30.3 Å². The normalized spacial score (nSPS) is 16.6. The summed E-state index contributed by atoms with van der Waals surface area (Å²) in [5, 5.41) is 5.14.